The van der Waals surface area contributed by atoms with E-state index in [1.807, 2.05) is 30.3 Å². The van der Waals surface area contributed by atoms with Crippen LogP contribution in [0.25, 0.3) is 0 Å². The number of ether oxygens (including phenoxy) is 2. The summed E-state index contributed by atoms with van der Waals surface area (Å²) in [6.07, 6.45) is 0. The molecule has 0 heterocycles. The lowest BCUT2D eigenvalue weighted by Gasteiger charge is -2.10. The fourth-order valence-electron chi connectivity index (χ4n) is 1.83. The number of rotatable bonds is 6. The van der Waals surface area contributed by atoms with Gasteiger partial charge in [-0.05, 0) is 43.3 Å². The van der Waals surface area contributed by atoms with E-state index in [2.05, 4.69) is 0 Å². The molecule has 2 N–H and O–H groups in total. The summed E-state index contributed by atoms with van der Waals surface area (Å²) in [5.74, 6) is 0.0825. The SMILES string of the molecule is CCOC(=O)C(N)C(=O)c1ccc(Oc2ccccc2)cc1.Cl. The molecule has 122 valence electrons. The van der Waals surface area contributed by atoms with E-state index in [-0.39, 0.29) is 19.0 Å². The lowest BCUT2D eigenvalue weighted by atomic mass is 10.0. The minimum atomic E-state index is -1.30. The van der Waals surface area contributed by atoms with Crippen molar-refractivity contribution in [2.45, 2.75) is 13.0 Å². The van der Waals surface area contributed by atoms with Crippen molar-refractivity contribution in [3.8, 4) is 11.5 Å². The fraction of sp³-hybridized carbons (Fsp3) is 0.176. The highest BCUT2D eigenvalue weighted by molar-refractivity contribution is 6.11. The number of nitrogens with two attached hydrogens (primary N) is 1. The molecule has 2 rings (SSSR count). The summed E-state index contributed by atoms with van der Waals surface area (Å²) in [4.78, 5) is 23.5. The molecule has 23 heavy (non-hydrogen) atoms. The normalized spacial score (nSPS) is 11.0. The van der Waals surface area contributed by atoms with E-state index in [4.69, 9.17) is 15.2 Å². The van der Waals surface area contributed by atoms with Gasteiger partial charge in [0.05, 0.1) is 6.61 Å². The van der Waals surface area contributed by atoms with Gasteiger partial charge in [-0.25, -0.2) is 4.79 Å². The van der Waals surface area contributed by atoms with Crippen LogP contribution < -0.4 is 10.5 Å². The van der Waals surface area contributed by atoms with Crippen LogP contribution in [0.4, 0.5) is 0 Å². The Kier molecular flexibility index (Phi) is 7.25. The molecule has 0 aliphatic carbocycles. The van der Waals surface area contributed by atoms with Crippen molar-refractivity contribution in [2.75, 3.05) is 6.61 Å². The molecule has 0 aromatic heterocycles. The Labute approximate surface area is 140 Å². The van der Waals surface area contributed by atoms with E-state index in [1.54, 1.807) is 31.2 Å². The predicted molar refractivity (Wildman–Crippen MR) is 89.1 cm³/mol. The zero-order chi connectivity index (χ0) is 15.9. The zero-order valence-corrected chi connectivity index (χ0v) is 13.4. The van der Waals surface area contributed by atoms with Gasteiger partial charge >= 0.3 is 5.97 Å². The van der Waals surface area contributed by atoms with Crippen LogP contribution in [0.15, 0.2) is 54.6 Å². The van der Waals surface area contributed by atoms with Crippen LogP contribution in [0.5, 0.6) is 11.5 Å². The molecule has 0 spiro atoms. The summed E-state index contributed by atoms with van der Waals surface area (Å²) < 4.78 is 10.4. The minimum Gasteiger partial charge on any atom is -0.464 e. The summed E-state index contributed by atoms with van der Waals surface area (Å²) in [5.41, 5.74) is 5.92. The van der Waals surface area contributed by atoms with E-state index in [9.17, 15) is 9.59 Å². The first-order valence-corrected chi connectivity index (χ1v) is 6.91. The van der Waals surface area contributed by atoms with Crippen molar-refractivity contribution >= 4 is 24.2 Å². The highest BCUT2D eigenvalue weighted by atomic mass is 35.5. The molecule has 0 bridgehead atoms. The summed E-state index contributed by atoms with van der Waals surface area (Å²) >= 11 is 0. The Bertz CT molecular complexity index is 643. The molecule has 0 radical (unpaired) electrons. The van der Waals surface area contributed by atoms with Gasteiger partial charge in [0.25, 0.3) is 0 Å². The van der Waals surface area contributed by atoms with Crippen molar-refractivity contribution in [2.24, 2.45) is 5.73 Å². The minimum absolute atomic E-state index is 0. The predicted octanol–water partition coefficient (Wildman–Crippen LogP) is 2.97. The molecule has 0 aliphatic heterocycles. The van der Waals surface area contributed by atoms with Gasteiger partial charge in [-0.1, -0.05) is 18.2 Å². The first kappa shape index (κ1) is 18.7. The van der Waals surface area contributed by atoms with E-state index in [0.29, 0.717) is 17.1 Å². The van der Waals surface area contributed by atoms with Crippen molar-refractivity contribution in [3.63, 3.8) is 0 Å². The molecule has 2 aromatic rings. The average molecular weight is 336 g/mol. The van der Waals surface area contributed by atoms with E-state index in [1.165, 1.54) is 0 Å². The van der Waals surface area contributed by atoms with Gasteiger partial charge in [0.15, 0.2) is 11.8 Å². The van der Waals surface area contributed by atoms with E-state index < -0.39 is 17.8 Å². The molecule has 1 atom stereocenters. The number of carbonyl (C=O) groups excluding carboxylic acids is 2. The van der Waals surface area contributed by atoms with Gasteiger partial charge in [-0.2, -0.15) is 0 Å². The molecular formula is C17H18ClNO4. The van der Waals surface area contributed by atoms with Gasteiger partial charge in [0.1, 0.15) is 11.5 Å². The quantitative estimate of drug-likeness (QED) is 0.499. The van der Waals surface area contributed by atoms with Gasteiger partial charge < -0.3 is 15.2 Å². The second-order valence-corrected chi connectivity index (χ2v) is 4.53. The molecule has 0 saturated heterocycles. The number of Topliss-reactive ketones (excluding diaryl/α,β-unsaturated/α-hetero) is 1. The second-order valence-electron chi connectivity index (χ2n) is 4.53. The number of carbonyl (C=O) groups is 2. The van der Waals surface area contributed by atoms with Crippen molar-refractivity contribution in [1.82, 2.24) is 0 Å². The summed E-state index contributed by atoms with van der Waals surface area (Å²) in [5, 5.41) is 0. The lowest BCUT2D eigenvalue weighted by Crippen LogP contribution is -2.40. The fourth-order valence-corrected chi connectivity index (χ4v) is 1.83. The van der Waals surface area contributed by atoms with Crippen molar-refractivity contribution in [3.05, 3.63) is 60.2 Å². The van der Waals surface area contributed by atoms with Crippen LogP contribution in [-0.2, 0) is 9.53 Å². The maximum absolute atomic E-state index is 12.1. The summed E-state index contributed by atoms with van der Waals surface area (Å²) in [7, 11) is 0. The highest BCUT2D eigenvalue weighted by Crippen LogP contribution is 2.21. The molecule has 2 aromatic carbocycles. The summed E-state index contributed by atoms with van der Waals surface area (Å²) in [6, 6.07) is 14.4. The third-order valence-electron chi connectivity index (χ3n) is 2.94. The lowest BCUT2D eigenvalue weighted by molar-refractivity contribution is -0.143. The molecule has 0 aliphatic rings. The zero-order valence-electron chi connectivity index (χ0n) is 12.6. The molecule has 0 saturated carbocycles. The number of para-hydroxylation sites is 1. The van der Waals surface area contributed by atoms with Crippen LogP contribution in [0.2, 0.25) is 0 Å². The van der Waals surface area contributed by atoms with Crippen LogP contribution in [0.3, 0.4) is 0 Å². The standard InChI is InChI=1S/C17H17NO4.ClH/c1-2-21-17(20)15(18)16(19)12-8-10-14(11-9-12)22-13-6-4-3-5-7-13;/h3-11,15H,2,18H2,1H3;1H. The third kappa shape index (κ3) is 5.09. The largest absolute Gasteiger partial charge is 0.464 e. The number of benzene rings is 2. The Morgan fingerprint density at radius 3 is 2.13 bits per heavy atom. The monoisotopic (exact) mass is 335 g/mol. The number of ketones is 1. The third-order valence-corrected chi connectivity index (χ3v) is 2.94. The van der Waals surface area contributed by atoms with Crippen molar-refractivity contribution < 1.29 is 19.1 Å². The number of esters is 1. The van der Waals surface area contributed by atoms with Gasteiger partial charge in [-0.15, -0.1) is 12.4 Å². The van der Waals surface area contributed by atoms with Gasteiger partial charge in [-0.3, -0.25) is 4.79 Å². The Morgan fingerprint density at radius 2 is 1.57 bits per heavy atom. The molecule has 0 fully saturated rings. The smallest absolute Gasteiger partial charge is 0.331 e. The van der Waals surface area contributed by atoms with Gasteiger partial charge in [0.2, 0.25) is 0 Å². The van der Waals surface area contributed by atoms with E-state index in [0.717, 1.165) is 0 Å². The van der Waals surface area contributed by atoms with Crippen LogP contribution in [0.1, 0.15) is 17.3 Å². The molecule has 6 heteroatoms. The first-order chi connectivity index (χ1) is 10.6. The number of halogens is 1. The summed E-state index contributed by atoms with van der Waals surface area (Å²) in [6.45, 7) is 1.84. The maximum atomic E-state index is 12.1. The maximum Gasteiger partial charge on any atom is 0.331 e. The van der Waals surface area contributed by atoms with Crippen molar-refractivity contribution in [1.29, 1.82) is 0 Å². The van der Waals surface area contributed by atoms with Gasteiger partial charge in [0, 0.05) is 5.56 Å². The van der Waals surface area contributed by atoms with Crippen LogP contribution in [0, 0.1) is 0 Å². The molecule has 5 nitrogen and oxygen atoms in total. The Balaban J connectivity index is 0.00000264. The van der Waals surface area contributed by atoms with Crippen LogP contribution >= 0.6 is 12.4 Å². The number of hydrogen-bond acceptors (Lipinski definition) is 5. The molecule has 1 unspecified atom stereocenters. The Morgan fingerprint density at radius 1 is 1.00 bits per heavy atom. The molecular weight excluding hydrogens is 318 g/mol. The molecule has 0 amide bonds. The highest BCUT2D eigenvalue weighted by Gasteiger charge is 2.24. The van der Waals surface area contributed by atoms with E-state index >= 15 is 0 Å². The van der Waals surface area contributed by atoms with Crippen LogP contribution in [-0.4, -0.2) is 24.4 Å². The average Bonchev–Trinajstić information content (AvgIpc) is 2.55. The number of hydrogen-bond donors (Lipinski definition) is 1. The second kappa shape index (κ2) is 8.92. The Hall–Kier alpha value is -2.37. The topological polar surface area (TPSA) is 78.6 Å². The first-order valence-electron chi connectivity index (χ1n) is 6.91.